The Bertz CT molecular complexity index is 1570. The van der Waals surface area contributed by atoms with Crippen molar-refractivity contribution in [1.29, 1.82) is 0 Å². The number of aromatic carboxylic acids is 1. The van der Waals surface area contributed by atoms with Crippen LogP contribution in [0.2, 0.25) is 0 Å². The number of carboxylic acids is 1. The minimum atomic E-state index is -0.912. The standard InChI is InChI=1S/C42H59N3O6/c1-28(2)26-33(43-38(50)51-39(3,4)5)35(46)44-24-21-42(22-25-44,31-12-10-9-11-13-31)37(49)45-23-19-34-40(6,7)32(18-20-41(34,8)27-45)29-14-16-30(17-15-29)36(47)48/h9-17,28,32-34H,18-27H2,1-8H3,(H,43,50)(H,47,48)/t32-,33+,34+,41-/m1/s1. The second kappa shape index (κ2) is 14.6. The fourth-order valence-electron chi connectivity index (χ4n) is 9.66. The highest BCUT2D eigenvalue weighted by atomic mass is 16.6. The smallest absolute Gasteiger partial charge is 0.408 e. The Morgan fingerprint density at radius 2 is 1.51 bits per heavy atom. The number of nitrogens with one attached hydrogen (secondary N) is 1. The second-order valence-electron chi connectivity index (χ2n) is 17.7. The molecule has 0 radical (unpaired) electrons. The van der Waals surface area contributed by atoms with Crippen molar-refractivity contribution in [3.8, 4) is 0 Å². The highest BCUT2D eigenvalue weighted by Crippen LogP contribution is 2.60. The van der Waals surface area contributed by atoms with Crippen LogP contribution < -0.4 is 5.32 Å². The summed E-state index contributed by atoms with van der Waals surface area (Å²) in [6, 6.07) is 16.8. The van der Waals surface area contributed by atoms with E-state index in [1.54, 1.807) is 32.9 Å². The van der Waals surface area contributed by atoms with Crippen molar-refractivity contribution in [2.24, 2.45) is 22.7 Å². The van der Waals surface area contributed by atoms with Gasteiger partial charge in [0.1, 0.15) is 11.6 Å². The molecule has 2 aliphatic heterocycles. The first kappa shape index (κ1) is 38.4. The zero-order chi connectivity index (χ0) is 37.4. The van der Waals surface area contributed by atoms with Gasteiger partial charge in [-0.3, -0.25) is 9.59 Å². The summed E-state index contributed by atoms with van der Waals surface area (Å²) in [5.74, 6) is -0.00327. The number of carbonyl (C=O) groups excluding carboxylic acids is 3. The predicted octanol–water partition coefficient (Wildman–Crippen LogP) is 7.64. The maximum absolute atomic E-state index is 15.0. The van der Waals surface area contributed by atoms with Gasteiger partial charge in [-0.1, -0.05) is 77.1 Å². The fourth-order valence-corrected chi connectivity index (χ4v) is 9.66. The minimum absolute atomic E-state index is 0.0322. The van der Waals surface area contributed by atoms with Crippen molar-refractivity contribution in [1.82, 2.24) is 15.1 Å². The number of fused-ring (bicyclic) bond motifs is 1. The van der Waals surface area contributed by atoms with Crippen LogP contribution in [-0.4, -0.2) is 76.6 Å². The number of ether oxygens (including phenoxy) is 1. The molecule has 3 amide bonds. The molecular weight excluding hydrogens is 642 g/mol. The summed E-state index contributed by atoms with van der Waals surface area (Å²) in [4.78, 5) is 57.0. The normalized spacial score (nSPS) is 25.0. The summed E-state index contributed by atoms with van der Waals surface area (Å²) in [5, 5.41) is 12.2. The van der Waals surface area contributed by atoms with Crippen molar-refractivity contribution in [2.45, 2.75) is 117 Å². The molecule has 9 heteroatoms. The lowest BCUT2D eigenvalue weighted by molar-refractivity contribution is -0.152. The number of likely N-dealkylation sites (tertiary alicyclic amines) is 2. The van der Waals surface area contributed by atoms with Gasteiger partial charge in [-0.15, -0.1) is 0 Å². The molecule has 2 saturated heterocycles. The van der Waals surface area contributed by atoms with Gasteiger partial charge in [0, 0.05) is 26.2 Å². The third-order valence-corrected chi connectivity index (χ3v) is 12.1. The first-order chi connectivity index (χ1) is 23.9. The van der Waals surface area contributed by atoms with Crippen LogP contribution in [0, 0.1) is 22.7 Å². The fraction of sp³-hybridized carbons (Fsp3) is 0.619. The molecule has 2 aromatic carbocycles. The van der Waals surface area contributed by atoms with E-state index in [2.05, 4.69) is 43.1 Å². The molecule has 51 heavy (non-hydrogen) atoms. The Morgan fingerprint density at radius 1 is 0.882 bits per heavy atom. The molecule has 0 bridgehead atoms. The van der Waals surface area contributed by atoms with E-state index in [1.807, 2.05) is 49.1 Å². The Balaban J connectivity index is 1.33. The molecule has 9 nitrogen and oxygen atoms in total. The molecule has 1 aliphatic carbocycles. The summed E-state index contributed by atoms with van der Waals surface area (Å²) < 4.78 is 5.49. The van der Waals surface area contributed by atoms with Gasteiger partial charge in [0.2, 0.25) is 11.8 Å². The molecule has 1 saturated carbocycles. The van der Waals surface area contributed by atoms with Gasteiger partial charge in [-0.25, -0.2) is 9.59 Å². The second-order valence-corrected chi connectivity index (χ2v) is 17.7. The van der Waals surface area contributed by atoms with Crippen molar-refractivity contribution < 1.29 is 29.0 Å². The Kier molecular flexibility index (Phi) is 11.0. The van der Waals surface area contributed by atoms with Crippen LogP contribution in [0.4, 0.5) is 4.79 Å². The van der Waals surface area contributed by atoms with Gasteiger partial charge in [-0.05, 0) is 111 Å². The Morgan fingerprint density at radius 3 is 2.08 bits per heavy atom. The van der Waals surface area contributed by atoms with E-state index in [9.17, 15) is 24.3 Å². The summed E-state index contributed by atoms with van der Waals surface area (Å²) >= 11 is 0. The maximum atomic E-state index is 15.0. The van der Waals surface area contributed by atoms with Crippen LogP contribution in [0.15, 0.2) is 54.6 Å². The van der Waals surface area contributed by atoms with Crippen molar-refractivity contribution in [3.63, 3.8) is 0 Å². The van der Waals surface area contributed by atoms with Crippen LogP contribution in [0.25, 0.3) is 0 Å². The topological polar surface area (TPSA) is 116 Å². The number of amides is 3. The largest absolute Gasteiger partial charge is 0.478 e. The van der Waals surface area contributed by atoms with Gasteiger partial charge in [0.25, 0.3) is 0 Å². The maximum Gasteiger partial charge on any atom is 0.408 e. The molecule has 2 heterocycles. The molecule has 5 rings (SSSR count). The van der Waals surface area contributed by atoms with Gasteiger partial charge < -0.3 is 25.0 Å². The van der Waals surface area contributed by atoms with E-state index in [0.717, 1.165) is 24.8 Å². The monoisotopic (exact) mass is 701 g/mol. The number of carboxylic acid groups (broad SMARTS) is 1. The molecule has 2 aromatic rings. The average molecular weight is 702 g/mol. The first-order valence-electron chi connectivity index (χ1n) is 18.8. The van der Waals surface area contributed by atoms with Crippen LogP contribution in [-0.2, 0) is 19.7 Å². The van der Waals surface area contributed by atoms with E-state index >= 15 is 0 Å². The third kappa shape index (κ3) is 8.12. The molecule has 0 spiro atoms. The number of hydrogen-bond donors (Lipinski definition) is 2. The number of piperidine rings is 2. The molecule has 3 fully saturated rings. The molecule has 4 atom stereocenters. The molecule has 2 N–H and O–H groups in total. The van der Waals surface area contributed by atoms with Gasteiger partial charge in [-0.2, -0.15) is 0 Å². The predicted molar refractivity (Wildman–Crippen MR) is 198 cm³/mol. The lowest BCUT2D eigenvalue weighted by Crippen LogP contribution is -2.61. The van der Waals surface area contributed by atoms with Gasteiger partial charge in [0.05, 0.1) is 11.0 Å². The number of carbonyl (C=O) groups is 4. The van der Waals surface area contributed by atoms with Crippen LogP contribution in [0.3, 0.4) is 0 Å². The summed E-state index contributed by atoms with van der Waals surface area (Å²) in [6.45, 7) is 18.7. The first-order valence-corrected chi connectivity index (χ1v) is 18.8. The molecular formula is C42H59N3O6. The Labute approximate surface area is 304 Å². The van der Waals surface area contributed by atoms with E-state index in [-0.39, 0.29) is 28.6 Å². The summed E-state index contributed by atoms with van der Waals surface area (Å²) in [7, 11) is 0. The van der Waals surface area contributed by atoms with Crippen LogP contribution >= 0.6 is 0 Å². The van der Waals surface area contributed by atoms with Crippen molar-refractivity contribution in [3.05, 3.63) is 71.3 Å². The summed E-state index contributed by atoms with van der Waals surface area (Å²) in [6.07, 6.45) is 3.79. The van der Waals surface area contributed by atoms with E-state index in [1.165, 1.54) is 5.56 Å². The number of nitrogens with zero attached hydrogens (tertiary/aromatic N) is 2. The van der Waals surface area contributed by atoms with Gasteiger partial charge >= 0.3 is 12.1 Å². The highest BCUT2D eigenvalue weighted by molar-refractivity contribution is 5.90. The minimum Gasteiger partial charge on any atom is -0.478 e. The molecule has 3 aliphatic rings. The Hall–Kier alpha value is -3.88. The van der Waals surface area contributed by atoms with Crippen molar-refractivity contribution in [2.75, 3.05) is 26.2 Å². The highest BCUT2D eigenvalue weighted by Gasteiger charge is 2.56. The molecule has 278 valence electrons. The average Bonchev–Trinajstić information content (AvgIpc) is 3.06. The number of benzene rings is 2. The molecule has 0 aromatic heterocycles. The number of hydrogen-bond acceptors (Lipinski definition) is 5. The third-order valence-electron chi connectivity index (χ3n) is 12.1. The lowest BCUT2D eigenvalue weighted by Gasteiger charge is -2.59. The quantitative estimate of drug-likeness (QED) is 0.292. The summed E-state index contributed by atoms with van der Waals surface area (Å²) in [5.41, 5.74) is 0.981. The zero-order valence-electron chi connectivity index (χ0n) is 32.0. The SMILES string of the molecule is CC(C)C[C@H](NC(=O)OC(C)(C)C)C(=O)N1CCC(C(=O)N2CC[C@H]3C(C)(C)[C@@H](c4ccc(C(=O)O)cc4)CC[C@]3(C)C2)(c2ccccc2)CC1. The molecule has 0 unspecified atom stereocenters. The van der Waals surface area contributed by atoms with E-state index in [0.29, 0.717) is 62.8 Å². The van der Waals surface area contributed by atoms with Crippen molar-refractivity contribution >= 4 is 23.9 Å². The lowest BCUT2D eigenvalue weighted by atomic mass is 9.49. The number of alkyl carbamates (subject to hydrolysis) is 1. The van der Waals surface area contributed by atoms with E-state index < -0.39 is 29.1 Å². The number of rotatable bonds is 8. The zero-order valence-corrected chi connectivity index (χ0v) is 32.0. The van der Waals surface area contributed by atoms with Crippen LogP contribution in [0.1, 0.15) is 121 Å². The van der Waals surface area contributed by atoms with E-state index in [4.69, 9.17) is 4.74 Å². The van der Waals surface area contributed by atoms with Crippen LogP contribution in [0.5, 0.6) is 0 Å². The van der Waals surface area contributed by atoms with Gasteiger partial charge in [0.15, 0.2) is 0 Å².